The molecule has 1 fully saturated rings. The van der Waals surface area contributed by atoms with Crippen LogP contribution < -0.4 is 0 Å². The van der Waals surface area contributed by atoms with Crippen LogP contribution in [0.2, 0.25) is 0 Å². The summed E-state index contributed by atoms with van der Waals surface area (Å²) < 4.78 is 32.2. The minimum absolute atomic E-state index is 0.202. The predicted octanol–water partition coefficient (Wildman–Crippen LogP) is 2.45. The number of thiophene rings is 1. The molecule has 2 aromatic rings. The Morgan fingerprint density at radius 3 is 2.50 bits per heavy atom. The van der Waals surface area contributed by atoms with Gasteiger partial charge in [-0.05, 0) is 43.0 Å². The number of esters is 1. The Balaban J connectivity index is 1.51. The van der Waals surface area contributed by atoms with E-state index in [1.54, 1.807) is 25.1 Å². The molecule has 1 aliphatic rings. The standard InChI is InChI=1S/C21H24N2O5S2/c1-16-5-7-19(17(2)14-16)30(26,27)23-11-9-22(10-12-23)20(24)15-28-21(25)8-6-18-4-3-13-29-18/h3-8,13-14H,9-12,15H2,1-2H3. The molecule has 0 unspecified atom stereocenters. The van der Waals surface area contributed by atoms with E-state index in [2.05, 4.69) is 0 Å². The first-order valence-electron chi connectivity index (χ1n) is 9.51. The molecular weight excluding hydrogens is 424 g/mol. The van der Waals surface area contributed by atoms with Crippen LogP contribution in [-0.4, -0.2) is 62.3 Å². The van der Waals surface area contributed by atoms with Crippen molar-refractivity contribution in [1.82, 2.24) is 9.21 Å². The third-order valence-corrected chi connectivity index (χ3v) is 7.70. The summed E-state index contributed by atoms with van der Waals surface area (Å²) in [7, 11) is -3.61. The van der Waals surface area contributed by atoms with Gasteiger partial charge in [-0.25, -0.2) is 13.2 Å². The van der Waals surface area contributed by atoms with E-state index in [1.165, 1.54) is 26.6 Å². The van der Waals surface area contributed by atoms with Gasteiger partial charge in [0, 0.05) is 37.1 Å². The number of sulfonamides is 1. The summed E-state index contributed by atoms with van der Waals surface area (Å²) in [6, 6.07) is 8.99. The highest BCUT2D eigenvalue weighted by molar-refractivity contribution is 7.89. The summed E-state index contributed by atoms with van der Waals surface area (Å²) in [6.45, 7) is 4.25. The molecule has 0 radical (unpaired) electrons. The molecule has 9 heteroatoms. The van der Waals surface area contributed by atoms with Crippen LogP contribution in [0.5, 0.6) is 0 Å². The van der Waals surface area contributed by atoms with Crippen molar-refractivity contribution in [1.29, 1.82) is 0 Å². The van der Waals surface area contributed by atoms with Gasteiger partial charge in [-0.1, -0.05) is 23.8 Å². The second kappa shape index (κ2) is 9.55. The monoisotopic (exact) mass is 448 g/mol. The third-order valence-electron chi connectivity index (χ3n) is 4.80. The van der Waals surface area contributed by atoms with Gasteiger partial charge in [0.25, 0.3) is 5.91 Å². The van der Waals surface area contributed by atoms with E-state index in [1.807, 2.05) is 30.5 Å². The SMILES string of the molecule is Cc1ccc(S(=O)(=O)N2CCN(C(=O)COC(=O)C=Cc3cccs3)CC2)c(C)c1. The number of carbonyl (C=O) groups excluding carboxylic acids is 2. The van der Waals surface area contributed by atoms with Crippen LogP contribution in [0.15, 0.2) is 46.7 Å². The Labute approximate surface area is 180 Å². The number of piperazine rings is 1. The molecule has 1 aromatic carbocycles. The molecule has 0 bridgehead atoms. The molecule has 7 nitrogen and oxygen atoms in total. The van der Waals surface area contributed by atoms with Gasteiger partial charge in [-0.15, -0.1) is 11.3 Å². The van der Waals surface area contributed by atoms with Crippen molar-refractivity contribution < 1.29 is 22.7 Å². The number of hydrogen-bond acceptors (Lipinski definition) is 6. The van der Waals surface area contributed by atoms with Gasteiger partial charge in [0.05, 0.1) is 4.90 Å². The fraction of sp³-hybridized carbons (Fsp3) is 0.333. The number of amides is 1. The maximum atomic E-state index is 12.9. The van der Waals surface area contributed by atoms with E-state index in [4.69, 9.17) is 4.74 Å². The smallest absolute Gasteiger partial charge is 0.331 e. The second-order valence-electron chi connectivity index (χ2n) is 7.01. The average Bonchev–Trinajstić information content (AvgIpc) is 3.24. The first kappa shape index (κ1) is 22.2. The number of ether oxygens (including phenoxy) is 1. The van der Waals surface area contributed by atoms with Crippen molar-refractivity contribution in [2.75, 3.05) is 32.8 Å². The topological polar surface area (TPSA) is 84.0 Å². The predicted molar refractivity (Wildman–Crippen MR) is 116 cm³/mol. The maximum Gasteiger partial charge on any atom is 0.331 e. The molecule has 2 heterocycles. The second-order valence-corrected chi connectivity index (χ2v) is 9.90. The summed E-state index contributed by atoms with van der Waals surface area (Å²) in [5.74, 6) is -0.927. The number of benzene rings is 1. The van der Waals surface area contributed by atoms with E-state index in [9.17, 15) is 18.0 Å². The number of carbonyl (C=O) groups is 2. The molecule has 30 heavy (non-hydrogen) atoms. The lowest BCUT2D eigenvalue weighted by molar-refractivity contribution is -0.148. The lowest BCUT2D eigenvalue weighted by atomic mass is 10.2. The molecular formula is C21H24N2O5S2. The fourth-order valence-corrected chi connectivity index (χ4v) is 5.46. The quantitative estimate of drug-likeness (QED) is 0.501. The first-order chi connectivity index (χ1) is 14.3. The lowest BCUT2D eigenvalue weighted by Gasteiger charge is -2.34. The van der Waals surface area contributed by atoms with Gasteiger partial charge >= 0.3 is 5.97 Å². The van der Waals surface area contributed by atoms with Gasteiger partial charge in [0.15, 0.2) is 6.61 Å². The minimum atomic E-state index is -3.61. The third kappa shape index (κ3) is 5.35. The van der Waals surface area contributed by atoms with Gasteiger partial charge in [0.1, 0.15) is 0 Å². The van der Waals surface area contributed by atoms with Crippen molar-refractivity contribution in [3.63, 3.8) is 0 Å². The van der Waals surface area contributed by atoms with Crippen molar-refractivity contribution in [2.45, 2.75) is 18.7 Å². The van der Waals surface area contributed by atoms with Gasteiger partial charge < -0.3 is 9.64 Å². The van der Waals surface area contributed by atoms with Crippen molar-refractivity contribution >= 4 is 39.3 Å². The zero-order valence-corrected chi connectivity index (χ0v) is 18.5. The van der Waals surface area contributed by atoms with Crippen molar-refractivity contribution in [2.24, 2.45) is 0 Å². The van der Waals surface area contributed by atoms with E-state index >= 15 is 0 Å². The molecule has 1 aliphatic heterocycles. The Hall–Kier alpha value is -2.49. The summed E-state index contributed by atoms with van der Waals surface area (Å²) in [6.07, 6.45) is 2.92. The molecule has 0 aliphatic carbocycles. The van der Waals surface area contributed by atoms with Gasteiger partial charge in [0.2, 0.25) is 10.0 Å². The van der Waals surface area contributed by atoms with Crippen LogP contribution in [-0.2, 0) is 24.3 Å². The highest BCUT2D eigenvalue weighted by atomic mass is 32.2. The summed E-state index contributed by atoms with van der Waals surface area (Å²) in [5.41, 5.74) is 1.71. The fourth-order valence-electron chi connectivity index (χ4n) is 3.21. The van der Waals surface area contributed by atoms with E-state index in [0.717, 1.165) is 10.4 Å². The molecule has 0 saturated carbocycles. The number of hydrogen-bond donors (Lipinski definition) is 0. The lowest BCUT2D eigenvalue weighted by Crippen LogP contribution is -2.51. The normalized spacial score (nSPS) is 15.5. The number of aryl methyl sites for hydroxylation is 2. The zero-order valence-electron chi connectivity index (χ0n) is 16.9. The molecule has 1 aromatic heterocycles. The average molecular weight is 449 g/mol. The summed E-state index contributed by atoms with van der Waals surface area (Å²) in [5, 5.41) is 1.90. The summed E-state index contributed by atoms with van der Waals surface area (Å²) in [4.78, 5) is 26.8. The molecule has 1 amide bonds. The van der Waals surface area contributed by atoms with Gasteiger partial charge in [-0.2, -0.15) is 4.31 Å². The first-order valence-corrected chi connectivity index (χ1v) is 11.8. The number of nitrogens with zero attached hydrogens (tertiary/aromatic N) is 2. The molecule has 0 atom stereocenters. The molecule has 0 N–H and O–H groups in total. The molecule has 3 rings (SSSR count). The molecule has 1 saturated heterocycles. The van der Waals surface area contributed by atoms with Crippen LogP contribution in [0.1, 0.15) is 16.0 Å². The Kier molecular flexibility index (Phi) is 7.06. The summed E-state index contributed by atoms with van der Waals surface area (Å²) >= 11 is 1.49. The van der Waals surface area contributed by atoms with E-state index in [0.29, 0.717) is 10.5 Å². The van der Waals surface area contributed by atoms with Crippen molar-refractivity contribution in [3.8, 4) is 0 Å². The molecule has 0 spiro atoms. The Morgan fingerprint density at radius 2 is 1.87 bits per heavy atom. The van der Waals surface area contributed by atoms with Crippen LogP contribution in [0.25, 0.3) is 6.08 Å². The highest BCUT2D eigenvalue weighted by Crippen LogP contribution is 2.22. The zero-order chi connectivity index (χ0) is 21.7. The van der Waals surface area contributed by atoms with Crippen LogP contribution in [0.3, 0.4) is 0 Å². The van der Waals surface area contributed by atoms with Crippen LogP contribution in [0, 0.1) is 13.8 Å². The largest absolute Gasteiger partial charge is 0.452 e. The van der Waals surface area contributed by atoms with Crippen molar-refractivity contribution in [3.05, 3.63) is 57.8 Å². The molecule has 160 valence electrons. The Bertz CT molecular complexity index is 1040. The highest BCUT2D eigenvalue weighted by Gasteiger charge is 2.31. The Morgan fingerprint density at radius 1 is 1.13 bits per heavy atom. The number of rotatable bonds is 6. The van der Waals surface area contributed by atoms with E-state index in [-0.39, 0.29) is 38.7 Å². The minimum Gasteiger partial charge on any atom is -0.452 e. The van der Waals surface area contributed by atoms with E-state index < -0.39 is 16.0 Å². The van der Waals surface area contributed by atoms with Crippen LogP contribution in [0.4, 0.5) is 0 Å². The van der Waals surface area contributed by atoms with Gasteiger partial charge in [-0.3, -0.25) is 4.79 Å². The van der Waals surface area contributed by atoms with Crippen LogP contribution >= 0.6 is 11.3 Å². The maximum absolute atomic E-state index is 12.9.